The first-order valence-corrected chi connectivity index (χ1v) is 8.57. The third-order valence-electron chi connectivity index (χ3n) is 3.82. The average Bonchev–Trinajstić information content (AvgIpc) is 3.30. The number of aromatic nitrogens is 1. The molecule has 25 heavy (non-hydrogen) atoms. The molecule has 0 saturated carbocycles. The molecule has 4 aromatic rings. The van der Waals surface area contributed by atoms with Gasteiger partial charge < -0.3 is 14.8 Å². The molecule has 0 atom stereocenters. The van der Waals surface area contributed by atoms with Gasteiger partial charge in [0.05, 0.1) is 22.7 Å². The zero-order valence-electron chi connectivity index (χ0n) is 13.1. The first-order chi connectivity index (χ1) is 12.2. The molecule has 0 aliphatic carbocycles. The Kier molecular flexibility index (Phi) is 3.95. The van der Waals surface area contributed by atoms with Crippen molar-refractivity contribution < 1.29 is 14.3 Å². The molecule has 2 aromatic heterocycles. The smallest absolute Gasteiger partial charge is 0.255 e. The number of hydrogen-bond donors (Lipinski definition) is 2. The summed E-state index contributed by atoms with van der Waals surface area (Å²) >= 11 is 1.54. The molecule has 124 valence electrons. The Hall–Kier alpha value is -3.12. The Bertz CT molecular complexity index is 1040. The van der Waals surface area contributed by atoms with E-state index >= 15 is 0 Å². The molecule has 0 radical (unpaired) electrons. The average molecular weight is 350 g/mol. The molecule has 1 amide bonds. The first kappa shape index (κ1) is 15.4. The van der Waals surface area contributed by atoms with Crippen molar-refractivity contribution in [3.05, 3.63) is 71.4 Å². The van der Waals surface area contributed by atoms with E-state index < -0.39 is 0 Å². The van der Waals surface area contributed by atoms with E-state index in [9.17, 15) is 9.90 Å². The molecule has 0 aliphatic rings. The number of carbonyl (C=O) groups excluding carboxylic acids is 1. The highest BCUT2D eigenvalue weighted by Gasteiger charge is 2.14. The standard InChI is InChI=1S/C19H14N2O3S/c22-16-9-13-5-2-1-4-12(13)8-15(16)18(23)20-10-14-11-24-19(21-14)17-6-3-7-25-17/h1-9,11,22H,10H2,(H,20,23). The zero-order valence-corrected chi connectivity index (χ0v) is 13.9. The van der Waals surface area contributed by atoms with E-state index in [1.165, 1.54) is 17.6 Å². The number of fused-ring (bicyclic) bond motifs is 1. The van der Waals surface area contributed by atoms with Gasteiger partial charge in [-0.15, -0.1) is 11.3 Å². The van der Waals surface area contributed by atoms with Crippen molar-refractivity contribution in [1.29, 1.82) is 0 Å². The molecular formula is C19H14N2O3S. The van der Waals surface area contributed by atoms with Crippen molar-refractivity contribution in [1.82, 2.24) is 10.3 Å². The van der Waals surface area contributed by atoms with Gasteiger partial charge in [0.1, 0.15) is 12.0 Å². The lowest BCUT2D eigenvalue weighted by atomic mass is 10.1. The normalized spacial score (nSPS) is 10.9. The summed E-state index contributed by atoms with van der Waals surface area (Å²) in [5.41, 5.74) is 0.859. The summed E-state index contributed by atoms with van der Waals surface area (Å²) in [5, 5.41) is 16.6. The van der Waals surface area contributed by atoms with Crippen molar-refractivity contribution in [2.45, 2.75) is 6.54 Å². The lowest BCUT2D eigenvalue weighted by Gasteiger charge is -2.07. The van der Waals surface area contributed by atoms with E-state index in [-0.39, 0.29) is 23.8 Å². The van der Waals surface area contributed by atoms with Gasteiger partial charge in [0, 0.05) is 0 Å². The monoisotopic (exact) mass is 350 g/mol. The highest BCUT2D eigenvalue weighted by molar-refractivity contribution is 7.13. The number of nitrogens with one attached hydrogen (secondary N) is 1. The minimum absolute atomic E-state index is 0.0457. The maximum Gasteiger partial charge on any atom is 0.255 e. The molecular weight excluding hydrogens is 336 g/mol. The number of phenolic OH excluding ortho intramolecular Hbond substituents is 1. The van der Waals surface area contributed by atoms with Gasteiger partial charge in [-0.2, -0.15) is 0 Å². The summed E-state index contributed by atoms with van der Waals surface area (Å²) in [6.45, 7) is 0.222. The van der Waals surface area contributed by atoms with E-state index in [0.29, 0.717) is 11.6 Å². The molecule has 6 heteroatoms. The van der Waals surface area contributed by atoms with E-state index in [2.05, 4.69) is 10.3 Å². The van der Waals surface area contributed by atoms with Gasteiger partial charge in [-0.25, -0.2) is 4.98 Å². The molecule has 0 spiro atoms. The lowest BCUT2D eigenvalue weighted by Crippen LogP contribution is -2.23. The maximum atomic E-state index is 12.4. The zero-order chi connectivity index (χ0) is 17.2. The number of nitrogens with zero attached hydrogens (tertiary/aromatic N) is 1. The van der Waals surface area contributed by atoms with Crippen molar-refractivity contribution >= 4 is 28.0 Å². The van der Waals surface area contributed by atoms with Crippen LogP contribution in [-0.4, -0.2) is 16.0 Å². The summed E-state index contributed by atoms with van der Waals surface area (Å²) in [5.74, 6) is 0.132. The summed E-state index contributed by atoms with van der Waals surface area (Å²) in [6.07, 6.45) is 1.52. The van der Waals surface area contributed by atoms with Crippen LogP contribution in [0, 0.1) is 0 Å². The Morgan fingerprint density at radius 1 is 1.16 bits per heavy atom. The van der Waals surface area contributed by atoms with Crippen LogP contribution in [0.2, 0.25) is 0 Å². The Balaban J connectivity index is 1.50. The van der Waals surface area contributed by atoms with Gasteiger partial charge >= 0.3 is 0 Å². The molecule has 2 N–H and O–H groups in total. The fraction of sp³-hybridized carbons (Fsp3) is 0.0526. The molecule has 0 bridgehead atoms. The highest BCUT2D eigenvalue weighted by Crippen LogP contribution is 2.25. The number of benzene rings is 2. The molecule has 0 saturated heterocycles. The second-order valence-corrected chi connectivity index (χ2v) is 6.47. The maximum absolute atomic E-state index is 12.4. The number of aromatic hydroxyl groups is 1. The summed E-state index contributed by atoms with van der Waals surface area (Å²) in [6, 6.07) is 14.7. The quantitative estimate of drug-likeness (QED) is 0.579. The number of hydrogen-bond acceptors (Lipinski definition) is 5. The van der Waals surface area contributed by atoms with E-state index in [1.807, 2.05) is 41.8 Å². The number of carbonyl (C=O) groups is 1. The SMILES string of the molecule is O=C(NCc1coc(-c2cccs2)n1)c1cc2ccccc2cc1O. The van der Waals surface area contributed by atoms with Crippen LogP contribution in [0.5, 0.6) is 5.75 Å². The summed E-state index contributed by atoms with van der Waals surface area (Å²) in [4.78, 5) is 17.7. The third-order valence-corrected chi connectivity index (χ3v) is 4.68. The van der Waals surface area contributed by atoms with Crippen LogP contribution in [0.25, 0.3) is 21.5 Å². The van der Waals surface area contributed by atoms with E-state index in [4.69, 9.17) is 4.42 Å². The van der Waals surface area contributed by atoms with Crippen LogP contribution in [-0.2, 0) is 6.54 Å². The van der Waals surface area contributed by atoms with Gasteiger partial charge in [0.2, 0.25) is 5.89 Å². The van der Waals surface area contributed by atoms with Crippen LogP contribution in [0.4, 0.5) is 0 Å². The molecule has 0 fully saturated rings. The van der Waals surface area contributed by atoms with Crippen LogP contribution >= 0.6 is 11.3 Å². The number of rotatable bonds is 4. The molecule has 2 aromatic carbocycles. The van der Waals surface area contributed by atoms with Gasteiger partial charge in [-0.3, -0.25) is 4.79 Å². The van der Waals surface area contributed by atoms with Crippen LogP contribution < -0.4 is 5.32 Å². The predicted octanol–water partition coefficient (Wildman–Crippen LogP) is 4.19. The largest absolute Gasteiger partial charge is 0.507 e. The Labute approximate surface area is 147 Å². The minimum Gasteiger partial charge on any atom is -0.507 e. The molecule has 5 nitrogen and oxygen atoms in total. The van der Waals surface area contributed by atoms with E-state index in [0.717, 1.165) is 15.6 Å². The van der Waals surface area contributed by atoms with Crippen LogP contribution in [0.3, 0.4) is 0 Å². The third kappa shape index (κ3) is 3.12. The van der Waals surface area contributed by atoms with Gasteiger partial charge in [0.15, 0.2) is 0 Å². The lowest BCUT2D eigenvalue weighted by molar-refractivity contribution is 0.0948. The van der Waals surface area contributed by atoms with Crippen molar-refractivity contribution in [3.8, 4) is 16.5 Å². The topological polar surface area (TPSA) is 75.4 Å². The molecule has 0 unspecified atom stereocenters. The second-order valence-electron chi connectivity index (χ2n) is 5.52. The highest BCUT2D eigenvalue weighted by atomic mass is 32.1. The summed E-state index contributed by atoms with van der Waals surface area (Å²) in [7, 11) is 0. The molecule has 2 heterocycles. The first-order valence-electron chi connectivity index (χ1n) is 7.69. The Morgan fingerprint density at radius 3 is 2.72 bits per heavy atom. The molecule has 4 rings (SSSR count). The number of oxazole rings is 1. The van der Waals surface area contributed by atoms with Crippen molar-refractivity contribution in [2.24, 2.45) is 0 Å². The molecule has 0 aliphatic heterocycles. The fourth-order valence-electron chi connectivity index (χ4n) is 2.58. The number of thiophene rings is 1. The second kappa shape index (κ2) is 6.41. The summed E-state index contributed by atoms with van der Waals surface area (Å²) < 4.78 is 5.43. The Morgan fingerprint density at radius 2 is 1.96 bits per heavy atom. The van der Waals surface area contributed by atoms with Crippen LogP contribution in [0.1, 0.15) is 16.1 Å². The van der Waals surface area contributed by atoms with Gasteiger partial charge in [0.25, 0.3) is 5.91 Å². The van der Waals surface area contributed by atoms with Crippen molar-refractivity contribution in [3.63, 3.8) is 0 Å². The number of amides is 1. The fourth-order valence-corrected chi connectivity index (χ4v) is 3.23. The van der Waals surface area contributed by atoms with Gasteiger partial charge in [-0.05, 0) is 34.4 Å². The minimum atomic E-state index is -0.357. The van der Waals surface area contributed by atoms with Gasteiger partial charge in [-0.1, -0.05) is 30.3 Å². The van der Waals surface area contributed by atoms with Crippen LogP contribution in [0.15, 0.2) is 64.6 Å². The predicted molar refractivity (Wildman–Crippen MR) is 96.6 cm³/mol. The van der Waals surface area contributed by atoms with E-state index in [1.54, 1.807) is 12.1 Å². The number of phenols is 1. The van der Waals surface area contributed by atoms with Crippen molar-refractivity contribution in [2.75, 3.05) is 0 Å².